The summed E-state index contributed by atoms with van der Waals surface area (Å²) in [5, 5.41) is 5.88. The van der Waals surface area contributed by atoms with E-state index in [9.17, 15) is 27.6 Å². The molecule has 0 aromatic heterocycles. The van der Waals surface area contributed by atoms with E-state index in [4.69, 9.17) is 0 Å². The summed E-state index contributed by atoms with van der Waals surface area (Å²) in [6.45, 7) is 0.308. The average Bonchev–Trinajstić information content (AvgIpc) is 3.12. The number of hydrogen-bond donors (Lipinski definition) is 2. The number of imide groups is 1. The third-order valence-corrected chi connectivity index (χ3v) is 8.17. The van der Waals surface area contributed by atoms with Crippen LogP contribution in [-0.2, 0) is 22.6 Å². The molecule has 2 N–H and O–H groups in total. The Morgan fingerprint density at radius 3 is 2.57 bits per heavy atom. The van der Waals surface area contributed by atoms with Crippen LogP contribution < -0.4 is 10.6 Å². The van der Waals surface area contributed by atoms with Gasteiger partial charge in [0, 0.05) is 43.5 Å². The number of fused-ring (bicyclic) bond motifs is 1. The highest BCUT2D eigenvalue weighted by Gasteiger charge is 2.40. The van der Waals surface area contributed by atoms with E-state index in [0.717, 1.165) is 11.1 Å². The van der Waals surface area contributed by atoms with Gasteiger partial charge in [0.05, 0.1) is 0 Å². The fraction of sp³-hybridized carbons (Fsp3) is 0.654. The van der Waals surface area contributed by atoms with Crippen molar-refractivity contribution in [1.29, 1.82) is 0 Å². The molecule has 0 bridgehead atoms. The van der Waals surface area contributed by atoms with Gasteiger partial charge in [-0.05, 0) is 68.1 Å². The zero-order chi connectivity index (χ0) is 24.7. The molecule has 0 radical (unpaired) electrons. The molecule has 2 aliphatic carbocycles. The van der Waals surface area contributed by atoms with Crippen molar-refractivity contribution < 1.29 is 27.6 Å². The second-order valence-corrected chi connectivity index (χ2v) is 10.7. The van der Waals surface area contributed by atoms with Gasteiger partial charge >= 0.3 is 0 Å². The Kier molecular flexibility index (Phi) is 6.63. The average molecular weight is 492 g/mol. The molecule has 1 aromatic carbocycles. The molecule has 1 aromatic rings. The summed E-state index contributed by atoms with van der Waals surface area (Å²) in [5.41, 5.74) is 2.40. The molecule has 0 spiro atoms. The van der Waals surface area contributed by atoms with E-state index in [0.29, 0.717) is 57.1 Å². The molecule has 3 amide bonds. The number of nitrogens with zero attached hydrogens (tertiary/aromatic N) is 1. The van der Waals surface area contributed by atoms with Gasteiger partial charge in [0.1, 0.15) is 12.2 Å². The fourth-order valence-corrected chi connectivity index (χ4v) is 6.22. The summed E-state index contributed by atoms with van der Waals surface area (Å²) in [7, 11) is 0. The van der Waals surface area contributed by atoms with Gasteiger partial charge in [-0.3, -0.25) is 19.7 Å². The van der Waals surface area contributed by atoms with Crippen LogP contribution in [0, 0.1) is 5.92 Å². The first-order valence-corrected chi connectivity index (χ1v) is 12.7. The van der Waals surface area contributed by atoms with Gasteiger partial charge in [-0.15, -0.1) is 0 Å². The molecule has 9 heteroatoms. The predicted octanol–water partition coefficient (Wildman–Crippen LogP) is 3.66. The minimum absolute atomic E-state index is 0.0398. The maximum atomic E-state index is 14.3. The number of carbonyl (C=O) groups is 3. The van der Waals surface area contributed by atoms with Crippen LogP contribution in [-0.4, -0.2) is 52.8 Å². The van der Waals surface area contributed by atoms with Crippen LogP contribution in [0.25, 0.3) is 0 Å². The largest absolute Gasteiger partial charge is 0.322 e. The Labute approximate surface area is 203 Å². The highest BCUT2D eigenvalue weighted by Crippen LogP contribution is 2.36. The Morgan fingerprint density at radius 2 is 1.83 bits per heavy atom. The molecule has 190 valence electrons. The second kappa shape index (κ2) is 9.56. The molecule has 4 atom stereocenters. The molecule has 1 saturated heterocycles. The quantitative estimate of drug-likeness (QED) is 0.617. The first-order chi connectivity index (χ1) is 16.7. The number of nitrogens with one attached hydrogen (secondary N) is 2. The lowest BCUT2D eigenvalue weighted by Crippen LogP contribution is -2.52. The van der Waals surface area contributed by atoms with Gasteiger partial charge in [0.25, 0.3) is 5.91 Å². The number of piperidine rings is 1. The Balaban J connectivity index is 1.26. The normalized spacial score (nSPS) is 31.4. The zero-order valence-electron chi connectivity index (χ0n) is 19.7. The third-order valence-electron chi connectivity index (χ3n) is 8.17. The number of halogens is 3. The standard InChI is InChI=1S/C26H32F3N3O3/c27-18-2-4-21(30-19-7-9-26(28,29)10-8-19)16(13-18)11-15-1-3-20-17(12-15)14-32(25(20)35)22-5-6-23(33)31-24(22)34/h1,3,12,16,18-19,21-22,30H,2,4-11,13-14H2,(H,31,33,34)/t16-,18+,21-,22?/m0/s1. The number of benzene rings is 1. The van der Waals surface area contributed by atoms with Crippen LogP contribution in [0.3, 0.4) is 0 Å². The Hall–Kier alpha value is -2.42. The lowest BCUT2D eigenvalue weighted by Gasteiger charge is -2.38. The Bertz CT molecular complexity index is 1010. The third kappa shape index (κ3) is 5.25. The SMILES string of the molecule is O=C1CCC(N2Cc3cc(C[C@H]4C[C@H](F)CC[C@@H]4NC4CCC(F)(F)CC4)ccc3C2=O)C(=O)N1. The van der Waals surface area contributed by atoms with Crippen LogP contribution in [0.4, 0.5) is 13.2 Å². The van der Waals surface area contributed by atoms with Crippen molar-refractivity contribution in [2.45, 2.75) is 101 Å². The van der Waals surface area contributed by atoms with Gasteiger partial charge in [-0.25, -0.2) is 13.2 Å². The molecule has 3 fully saturated rings. The zero-order valence-corrected chi connectivity index (χ0v) is 19.7. The van der Waals surface area contributed by atoms with Gasteiger partial charge < -0.3 is 10.2 Å². The topological polar surface area (TPSA) is 78.5 Å². The molecule has 4 aliphatic rings. The maximum Gasteiger partial charge on any atom is 0.255 e. The molecule has 2 heterocycles. The summed E-state index contributed by atoms with van der Waals surface area (Å²) < 4.78 is 41.4. The molecular weight excluding hydrogens is 459 g/mol. The number of rotatable bonds is 5. The van der Waals surface area contributed by atoms with Crippen LogP contribution in [0.1, 0.15) is 79.3 Å². The van der Waals surface area contributed by atoms with Gasteiger partial charge in [0.2, 0.25) is 17.7 Å². The monoisotopic (exact) mass is 491 g/mol. The van der Waals surface area contributed by atoms with Crippen molar-refractivity contribution in [2.75, 3.05) is 0 Å². The number of alkyl halides is 3. The molecule has 2 aliphatic heterocycles. The number of hydrogen-bond acceptors (Lipinski definition) is 4. The van der Waals surface area contributed by atoms with E-state index in [1.54, 1.807) is 6.07 Å². The first-order valence-electron chi connectivity index (χ1n) is 12.7. The summed E-state index contributed by atoms with van der Waals surface area (Å²) in [6.07, 6.45) is 2.57. The predicted molar refractivity (Wildman–Crippen MR) is 123 cm³/mol. The molecule has 1 unspecified atom stereocenters. The first kappa shape index (κ1) is 24.3. The Morgan fingerprint density at radius 1 is 1.06 bits per heavy atom. The van der Waals surface area contributed by atoms with Crippen LogP contribution in [0.5, 0.6) is 0 Å². The minimum Gasteiger partial charge on any atom is -0.322 e. The molecule has 2 saturated carbocycles. The smallest absolute Gasteiger partial charge is 0.255 e. The lowest BCUT2D eigenvalue weighted by atomic mass is 9.78. The van der Waals surface area contributed by atoms with Crippen molar-refractivity contribution >= 4 is 17.7 Å². The van der Waals surface area contributed by atoms with Crippen LogP contribution >= 0.6 is 0 Å². The van der Waals surface area contributed by atoms with Crippen LogP contribution in [0.2, 0.25) is 0 Å². The van der Waals surface area contributed by atoms with E-state index >= 15 is 0 Å². The van der Waals surface area contributed by atoms with E-state index < -0.39 is 24.0 Å². The minimum atomic E-state index is -2.57. The van der Waals surface area contributed by atoms with Gasteiger partial charge in [0.15, 0.2) is 0 Å². The molecule has 5 rings (SSSR count). The van der Waals surface area contributed by atoms with Gasteiger partial charge in [-0.2, -0.15) is 0 Å². The highest BCUT2D eigenvalue weighted by atomic mass is 19.3. The van der Waals surface area contributed by atoms with Gasteiger partial charge in [-0.1, -0.05) is 12.1 Å². The van der Waals surface area contributed by atoms with Crippen molar-refractivity contribution in [3.63, 3.8) is 0 Å². The molecule has 35 heavy (non-hydrogen) atoms. The summed E-state index contributed by atoms with van der Waals surface area (Å²) in [4.78, 5) is 38.2. The van der Waals surface area contributed by atoms with Crippen molar-refractivity contribution in [3.05, 3.63) is 34.9 Å². The maximum absolute atomic E-state index is 14.3. The summed E-state index contributed by atoms with van der Waals surface area (Å²) >= 11 is 0. The van der Waals surface area contributed by atoms with E-state index in [1.165, 1.54) is 4.90 Å². The van der Waals surface area contributed by atoms with E-state index in [1.807, 2.05) is 12.1 Å². The number of amides is 3. The fourth-order valence-electron chi connectivity index (χ4n) is 6.22. The second-order valence-electron chi connectivity index (χ2n) is 10.7. The molecule has 6 nitrogen and oxygen atoms in total. The van der Waals surface area contributed by atoms with Crippen LogP contribution in [0.15, 0.2) is 18.2 Å². The van der Waals surface area contributed by atoms with Crippen molar-refractivity contribution in [1.82, 2.24) is 15.5 Å². The lowest BCUT2D eigenvalue weighted by molar-refractivity contribution is -0.136. The summed E-state index contributed by atoms with van der Waals surface area (Å²) in [5.74, 6) is -3.49. The highest BCUT2D eigenvalue weighted by molar-refractivity contribution is 6.05. The van der Waals surface area contributed by atoms with E-state index in [2.05, 4.69) is 10.6 Å². The van der Waals surface area contributed by atoms with E-state index in [-0.39, 0.29) is 49.1 Å². The summed E-state index contributed by atoms with van der Waals surface area (Å²) in [6, 6.07) is 5.11. The van der Waals surface area contributed by atoms with Crippen molar-refractivity contribution in [3.8, 4) is 0 Å². The number of carbonyl (C=O) groups excluding carboxylic acids is 3. The molecular formula is C26H32F3N3O3. The van der Waals surface area contributed by atoms with Crippen molar-refractivity contribution in [2.24, 2.45) is 5.92 Å².